The standard InChI is InChI=1S/C12H12FN3O2/c1-16-6-5-11(15-16)14-12(17)8-18-10-4-2-3-9(13)7-10/h2-7H,8H2,1H3,(H,14,15,17). The molecule has 0 aliphatic heterocycles. The molecule has 0 unspecified atom stereocenters. The molecule has 5 nitrogen and oxygen atoms in total. The topological polar surface area (TPSA) is 56.2 Å². The second-order valence-electron chi connectivity index (χ2n) is 3.67. The summed E-state index contributed by atoms with van der Waals surface area (Å²) in [5.41, 5.74) is 0. The molecule has 0 bridgehead atoms. The van der Waals surface area contributed by atoms with Crippen molar-refractivity contribution in [2.45, 2.75) is 0 Å². The van der Waals surface area contributed by atoms with E-state index in [4.69, 9.17) is 4.74 Å². The van der Waals surface area contributed by atoms with Crippen LogP contribution < -0.4 is 10.1 Å². The van der Waals surface area contributed by atoms with E-state index in [1.54, 1.807) is 30.1 Å². The molecule has 1 aromatic carbocycles. The lowest BCUT2D eigenvalue weighted by Crippen LogP contribution is -2.20. The third-order valence-electron chi connectivity index (χ3n) is 2.15. The molecule has 0 saturated heterocycles. The van der Waals surface area contributed by atoms with Crippen molar-refractivity contribution in [2.24, 2.45) is 7.05 Å². The molecule has 2 rings (SSSR count). The van der Waals surface area contributed by atoms with Gasteiger partial charge < -0.3 is 10.1 Å². The summed E-state index contributed by atoms with van der Waals surface area (Å²) in [5, 5.41) is 6.55. The molecule has 0 atom stereocenters. The van der Waals surface area contributed by atoms with Gasteiger partial charge in [-0.25, -0.2) is 4.39 Å². The van der Waals surface area contributed by atoms with Crippen molar-refractivity contribution >= 4 is 11.7 Å². The molecule has 0 fully saturated rings. The van der Waals surface area contributed by atoms with Gasteiger partial charge in [-0.2, -0.15) is 5.10 Å². The summed E-state index contributed by atoms with van der Waals surface area (Å²) >= 11 is 0. The highest BCUT2D eigenvalue weighted by Crippen LogP contribution is 2.11. The number of anilines is 1. The zero-order chi connectivity index (χ0) is 13.0. The summed E-state index contributed by atoms with van der Waals surface area (Å²) in [6, 6.07) is 7.29. The Morgan fingerprint density at radius 2 is 2.33 bits per heavy atom. The first-order chi connectivity index (χ1) is 8.63. The van der Waals surface area contributed by atoms with Gasteiger partial charge in [-0.15, -0.1) is 0 Å². The molecule has 1 aromatic heterocycles. The number of carbonyl (C=O) groups is 1. The first kappa shape index (κ1) is 12.1. The molecular formula is C12H12FN3O2. The summed E-state index contributed by atoms with van der Waals surface area (Å²) < 4.78 is 19.6. The number of halogens is 1. The van der Waals surface area contributed by atoms with Crippen molar-refractivity contribution in [2.75, 3.05) is 11.9 Å². The van der Waals surface area contributed by atoms with E-state index in [1.807, 2.05) is 0 Å². The van der Waals surface area contributed by atoms with E-state index in [-0.39, 0.29) is 12.5 Å². The van der Waals surface area contributed by atoms with Gasteiger partial charge in [0.1, 0.15) is 11.6 Å². The molecule has 18 heavy (non-hydrogen) atoms. The largest absolute Gasteiger partial charge is 0.484 e. The maximum atomic E-state index is 12.8. The number of aromatic nitrogens is 2. The zero-order valence-corrected chi connectivity index (χ0v) is 9.76. The molecule has 0 saturated carbocycles. The summed E-state index contributed by atoms with van der Waals surface area (Å²) in [4.78, 5) is 11.5. The predicted octanol–water partition coefficient (Wildman–Crippen LogP) is 1.58. The van der Waals surface area contributed by atoms with Crippen LogP contribution in [0.3, 0.4) is 0 Å². The molecule has 6 heteroatoms. The maximum absolute atomic E-state index is 12.8. The first-order valence-corrected chi connectivity index (χ1v) is 5.31. The van der Waals surface area contributed by atoms with Gasteiger partial charge in [0.25, 0.3) is 5.91 Å². The van der Waals surface area contributed by atoms with Crippen molar-refractivity contribution in [3.8, 4) is 5.75 Å². The van der Waals surface area contributed by atoms with E-state index >= 15 is 0 Å². The molecule has 1 amide bonds. The highest BCUT2D eigenvalue weighted by molar-refractivity contribution is 5.90. The van der Waals surface area contributed by atoms with Crippen molar-refractivity contribution in [1.82, 2.24) is 9.78 Å². The Balaban J connectivity index is 1.85. The van der Waals surface area contributed by atoms with Gasteiger partial charge >= 0.3 is 0 Å². The van der Waals surface area contributed by atoms with Crippen molar-refractivity contribution in [3.63, 3.8) is 0 Å². The number of hydrogen-bond acceptors (Lipinski definition) is 3. The summed E-state index contributed by atoms with van der Waals surface area (Å²) in [6.07, 6.45) is 1.71. The van der Waals surface area contributed by atoms with E-state index in [9.17, 15) is 9.18 Å². The Bertz CT molecular complexity index is 554. The van der Waals surface area contributed by atoms with Gasteiger partial charge in [-0.05, 0) is 12.1 Å². The minimum atomic E-state index is -0.405. The van der Waals surface area contributed by atoms with Gasteiger partial charge in [0, 0.05) is 25.4 Å². The van der Waals surface area contributed by atoms with Crippen LogP contribution in [0.1, 0.15) is 0 Å². The Kier molecular flexibility index (Phi) is 3.57. The lowest BCUT2D eigenvalue weighted by atomic mass is 10.3. The van der Waals surface area contributed by atoms with Gasteiger partial charge in [-0.1, -0.05) is 6.07 Å². The third-order valence-corrected chi connectivity index (χ3v) is 2.15. The van der Waals surface area contributed by atoms with Crippen LogP contribution in [0.5, 0.6) is 5.75 Å². The number of aryl methyl sites for hydroxylation is 1. The van der Waals surface area contributed by atoms with Crippen LogP contribution in [-0.2, 0) is 11.8 Å². The Morgan fingerprint density at radius 1 is 1.50 bits per heavy atom. The number of nitrogens with one attached hydrogen (secondary N) is 1. The smallest absolute Gasteiger partial charge is 0.263 e. The minimum Gasteiger partial charge on any atom is -0.484 e. The molecule has 1 heterocycles. The lowest BCUT2D eigenvalue weighted by Gasteiger charge is -2.05. The monoisotopic (exact) mass is 249 g/mol. The second kappa shape index (κ2) is 5.31. The fourth-order valence-corrected chi connectivity index (χ4v) is 1.37. The molecule has 0 aliphatic carbocycles. The Morgan fingerprint density at radius 3 is 3.00 bits per heavy atom. The molecule has 2 aromatic rings. The molecular weight excluding hydrogens is 237 g/mol. The number of rotatable bonds is 4. The number of carbonyl (C=O) groups excluding carboxylic acids is 1. The Hall–Kier alpha value is -2.37. The molecule has 0 aliphatic rings. The van der Waals surface area contributed by atoms with E-state index in [2.05, 4.69) is 10.4 Å². The fraction of sp³-hybridized carbons (Fsp3) is 0.167. The van der Waals surface area contributed by atoms with E-state index in [0.717, 1.165) is 0 Å². The molecule has 94 valence electrons. The second-order valence-corrected chi connectivity index (χ2v) is 3.67. The number of benzene rings is 1. The first-order valence-electron chi connectivity index (χ1n) is 5.31. The lowest BCUT2D eigenvalue weighted by molar-refractivity contribution is -0.118. The highest BCUT2D eigenvalue weighted by Gasteiger charge is 2.05. The SMILES string of the molecule is Cn1ccc(NC(=O)COc2cccc(F)c2)n1. The van der Waals surface area contributed by atoms with E-state index < -0.39 is 5.82 Å². The van der Waals surface area contributed by atoms with Crippen molar-refractivity contribution < 1.29 is 13.9 Å². The van der Waals surface area contributed by atoms with Crippen LogP contribution in [0, 0.1) is 5.82 Å². The summed E-state index contributed by atoms with van der Waals surface area (Å²) in [6.45, 7) is -0.194. The van der Waals surface area contributed by atoms with Gasteiger partial charge in [-0.3, -0.25) is 9.48 Å². The van der Waals surface area contributed by atoms with Crippen molar-refractivity contribution in [3.05, 3.63) is 42.3 Å². The normalized spacial score (nSPS) is 10.1. The quantitative estimate of drug-likeness (QED) is 0.895. The third kappa shape index (κ3) is 3.31. The van der Waals surface area contributed by atoms with Crippen LogP contribution in [0.2, 0.25) is 0 Å². The van der Waals surface area contributed by atoms with E-state index in [1.165, 1.54) is 18.2 Å². The fourth-order valence-electron chi connectivity index (χ4n) is 1.37. The van der Waals surface area contributed by atoms with Crippen LogP contribution in [0.4, 0.5) is 10.2 Å². The van der Waals surface area contributed by atoms with E-state index in [0.29, 0.717) is 11.6 Å². The molecule has 1 N–H and O–H groups in total. The number of amides is 1. The van der Waals surface area contributed by atoms with Gasteiger partial charge in [0.15, 0.2) is 12.4 Å². The average molecular weight is 249 g/mol. The summed E-state index contributed by atoms with van der Waals surface area (Å²) in [7, 11) is 1.75. The highest BCUT2D eigenvalue weighted by atomic mass is 19.1. The maximum Gasteiger partial charge on any atom is 0.263 e. The number of hydrogen-bond donors (Lipinski definition) is 1. The van der Waals surface area contributed by atoms with Crippen LogP contribution in [0.25, 0.3) is 0 Å². The predicted molar refractivity (Wildman–Crippen MR) is 63.7 cm³/mol. The Labute approximate surface area is 103 Å². The minimum absolute atomic E-state index is 0.194. The summed E-state index contributed by atoms with van der Waals surface area (Å²) in [5.74, 6) is 0.00658. The van der Waals surface area contributed by atoms with Crippen LogP contribution in [0.15, 0.2) is 36.5 Å². The van der Waals surface area contributed by atoms with Crippen LogP contribution in [-0.4, -0.2) is 22.3 Å². The van der Waals surface area contributed by atoms with Gasteiger partial charge in [0.2, 0.25) is 0 Å². The zero-order valence-electron chi connectivity index (χ0n) is 9.76. The average Bonchev–Trinajstić information content (AvgIpc) is 2.72. The van der Waals surface area contributed by atoms with Crippen molar-refractivity contribution in [1.29, 1.82) is 0 Å². The molecule has 0 radical (unpaired) electrons. The molecule has 0 spiro atoms. The van der Waals surface area contributed by atoms with Crippen LogP contribution >= 0.6 is 0 Å². The van der Waals surface area contributed by atoms with Gasteiger partial charge in [0.05, 0.1) is 0 Å². The number of nitrogens with zero attached hydrogens (tertiary/aromatic N) is 2. The number of ether oxygens (including phenoxy) is 1.